The molecule has 1 aliphatic rings. The first-order valence-corrected chi connectivity index (χ1v) is 6.69. The molecule has 1 aromatic carbocycles. The van der Waals surface area contributed by atoms with Crippen molar-refractivity contribution in [3.05, 3.63) is 35.4 Å². The molecule has 0 spiro atoms. The molecule has 8 heteroatoms. The van der Waals surface area contributed by atoms with Gasteiger partial charge in [-0.1, -0.05) is 12.1 Å². The summed E-state index contributed by atoms with van der Waals surface area (Å²) in [5, 5.41) is 13.7. The Labute approximate surface area is 124 Å². The number of carboxylic acids is 1. The third kappa shape index (κ3) is 4.12. The highest BCUT2D eigenvalue weighted by molar-refractivity contribution is 5.87. The molecule has 0 heterocycles. The maximum absolute atomic E-state index is 12.3. The average molecular weight is 316 g/mol. The first-order chi connectivity index (χ1) is 10.3. The smallest absolute Gasteiger partial charge is 0.391 e. The molecular formula is C14H15F3N2O3. The Morgan fingerprint density at radius 1 is 1.18 bits per heavy atom. The van der Waals surface area contributed by atoms with Crippen LogP contribution in [0.15, 0.2) is 24.3 Å². The third-order valence-electron chi connectivity index (χ3n) is 3.59. The number of carbonyl (C=O) groups is 2. The van der Waals surface area contributed by atoms with Crippen molar-refractivity contribution in [2.45, 2.75) is 31.6 Å². The van der Waals surface area contributed by atoms with Crippen LogP contribution in [-0.4, -0.2) is 29.3 Å². The summed E-state index contributed by atoms with van der Waals surface area (Å²) in [5.74, 6) is -2.37. The minimum absolute atomic E-state index is 0.0930. The number of hydrogen-bond acceptors (Lipinski definition) is 2. The molecule has 2 rings (SSSR count). The van der Waals surface area contributed by atoms with Gasteiger partial charge in [-0.3, -0.25) is 0 Å². The molecule has 0 saturated heterocycles. The lowest BCUT2D eigenvalue weighted by molar-refractivity contribution is -0.198. The molecule has 0 unspecified atom stereocenters. The highest BCUT2D eigenvalue weighted by Gasteiger charge is 2.48. The minimum atomic E-state index is -4.19. The fourth-order valence-corrected chi connectivity index (χ4v) is 2.19. The topological polar surface area (TPSA) is 78.4 Å². The molecule has 2 amide bonds. The zero-order valence-corrected chi connectivity index (χ0v) is 11.5. The van der Waals surface area contributed by atoms with Crippen LogP contribution in [0.25, 0.3) is 0 Å². The second-order valence-electron chi connectivity index (χ2n) is 5.24. The van der Waals surface area contributed by atoms with E-state index in [1.165, 1.54) is 12.1 Å². The molecule has 0 bridgehead atoms. The number of nitrogens with one attached hydrogen (secondary N) is 2. The first-order valence-electron chi connectivity index (χ1n) is 6.69. The number of carbonyl (C=O) groups excluding carboxylic acids is 1. The molecule has 0 radical (unpaired) electrons. The lowest BCUT2D eigenvalue weighted by Gasteiger charge is -2.36. The number of carboxylic acid groups (broad SMARTS) is 1. The highest BCUT2D eigenvalue weighted by atomic mass is 19.4. The monoisotopic (exact) mass is 316 g/mol. The van der Waals surface area contributed by atoms with Gasteiger partial charge in [0, 0.05) is 12.6 Å². The van der Waals surface area contributed by atoms with Crippen LogP contribution in [0, 0.1) is 5.92 Å². The fraction of sp³-hybridized carbons (Fsp3) is 0.429. The first kappa shape index (κ1) is 16.1. The molecule has 0 aliphatic heterocycles. The van der Waals surface area contributed by atoms with Crippen LogP contribution in [-0.2, 0) is 6.54 Å². The number of benzene rings is 1. The van der Waals surface area contributed by atoms with E-state index in [1.807, 2.05) is 0 Å². The summed E-state index contributed by atoms with van der Waals surface area (Å²) in [4.78, 5) is 22.2. The summed E-state index contributed by atoms with van der Waals surface area (Å²) < 4.78 is 36.9. The van der Waals surface area contributed by atoms with Crippen molar-refractivity contribution >= 4 is 12.0 Å². The van der Waals surface area contributed by atoms with Crippen molar-refractivity contribution in [3.63, 3.8) is 0 Å². The van der Waals surface area contributed by atoms with E-state index in [0.717, 1.165) is 0 Å². The van der Waals surface area contributed by atoms with Gasteiger partial charge >= 0.3 is 18.2 Å². The summed E-state index contributed by atoms with van der Waals surface area (Å²) in [6.07, 6.45) is -4.38. The maximum Gasteiger partial charge on any atom is 0.391 e. The van der Waals surface area contributed by atoms with Gasteiger partial charge in [0.1, 0.15) is 0 Å². The number of hydrogen-bond donors (Lipinski definition) is 3. The van der Waals surface area contributed by atoms with Crippen molar-refractivity contribution in [1.82, 2.24) is 10.6 Å². The number of alkyl halides is 3. The van der Waals surface area contributed by atoms with Gasteiger partial charge in [-0.25, -0.2) is 9.59 Å². The van der Waals surface area contributed by atoms with Gasteiger partial charge in [-0.15, -0.1) is 0 Å². The van der Waals surface area contributed by atoms with Crippen LogP contribution < -0.4 is 10.6 Å². The van der Waals surface area contributed by atoms with E-state index >= 15 is 0 Å². The zero-order valence-electron chi connectivity index (χ0n) is 11.5. The predicted octanol–water partition coefficient (Wildman–Crippen LogP) is 2.52. The van der Waals surface area contributed by atoms with Crippen molar-refractivity contribution in [1.29, 1.82) is 0 Å². The second kappa shape index (κ2) is 6.25. The predicted molar refractivity (Wildman–Crippen MR) is 71.3 cm³/mol. The molecule has 22 heavy (non-hydrogen) atoms. The standard InChI is InChI=1S/C14H15F3N2O3/c15-14(16,17)10-5-11(6-10)19-13(22)18-7-8-1-3-9(4-2-8)12(20)21/h1-4,10-11H,5-7H2,(H,20,21)(H2,18,19,22). The SMILES string of the molecule is O=C(NCc1ccc(C(=O)O)cc1)NC1CC(C(F)(F)F)C1. The van der Waals surface area contributed by atoms with E-state index in [-0.39, 0.29) is 24.9 Å². The van der Waals surface area contributed by atoms with Crippen LogP contribution in [0.3, 0.4) is 0 Å². The second-order valence-corrected chi connectivity index (χ2v) is 5.24. The van der Waals surface area contributed by atoms with Crippen molar-refractivity contribution < 1.29 is 27.9 Å². The highest BCUT2D eigenvalue weighted by Crippen LogP contribution is 2.40. The average Bonchev–Trinajstić information content (AvgIpc) is 2.39. The Balaban J connectivity index is 1.71. The van der Waals surface area contributed by atoms with Gasteiger partial charge in [0.2, 0.25) is 0 Å². The fourth-order valence-electron chi connectivity index (χ4n) is 2.19. The Bertz CT molecular complexity index is 551. The van der Waals surface area contributed by atoms with Gasteiger partial charge in [0.05, 0.1) is 11.5 Å². The number of halogens is 3. The Morgan fingerprint density at radius 2 is 1.77 bits per heavy atom. The molecular weight excluding hydrogens is 301 g/mol. The molecule has 0 atom stereocenters. The van der Waals surface area contributed by atoms with Gasteiger partial charge in [0.25, 0.3) is 0 Å². The van der Waals surface area contributed by atoms with Crippen LogP contribution in [0.5, 0.6) is 0 Å². The number of rotatable bonds is 4. The normalized spacial score (nSPS) is 20.9. The van der Waals surface area contributed by atoms with Crippen molar-refractivity contribution in [2.75, 3.05) is 0 Å². The van der Waals surface area contributed by atoms with Crippen LogP contribution in [0.1, 0.15) is 28.8 Å². The minimum Gasteiger partial charge on any atom is -0.478 e. The zero-order chi connectivity index (χ0) is 16.3. The van der Waals surface area contributed by atoms with Crippen molar-refractivity contribution in [2.24, 2.45) is 5.92 Å². The lowest BCUT2D eigenvalue weighted by atomic mass is 9.80. The summed E-state index contributed by atoms with van der Waals surface area (Å²) in [7, 11) is 0. The van der Waals surface area contributed by atoms with E-state index < -0.39 is 30.1 Å². The Hall–Kier alpha value is -2.25. The summed E-state index contributed by atoms with van der Waals surface area (Å²) in [6, 6.07) is 4.96. The maximum atomic E-state index is 12.3. The molecule has 120 valence electrons. The van der Waals surface area contributed by atoms with E-state index in [1.54, 1.807) is 12.1 Å². The summed E-state index contributed by atoms with van der Waals surface area (Å²) >= 11 is 0. The molecule has 0 aromatic heterocycles. The van der Waals surface area contributed by atoms with Gasteiger partial charge in [0.15, 0.2) is 0 Å². The van der Waals surface area contributed by atoms with Crippen molar-refractivity contribution in [3.8, 4) is 0 Å². The Morgan fingerprint density at radius 3 is 2.27 bits per heavy atom. The van der Waals surface area contributed by atoms with Gasteiger partial charge < -0.3 is 15.7 Å². The third-order valence-corrected chi connectivity index (χ3v) is 3.59. The molecule has 3 N–H and O–H groups in total. The van der Waals surface area contributed by atoms with Crippen LogP contribution in [0.4, 0.5) is 18.0 Å². The van der Waals surface area contributed by atoms with E-state index in [2.05, 4.69) is 10.6 Å². The molecule has 1 aliphatic carbocycles. The molecule has 1 aromatic rings. The van der Waals surface area contributed by atoms with E-state index in [4.69, 9.17) is 5.11 Å². The molecule has 1 fully saturated rings. The van der Waals surface area contributed by atoms with E-state index in [9.17, 15) is 22.8 Å². The number of urea groups is 1. The molecule has 5 nitrogen and oxygen atoms in total. The quantitative estimate of drug-likeness (QED) is 0.798. The lowest BCUT2D eigenvalue weighted by Crippen LogP contribution is -2.51. The van der Waals surface area contributed by atoms with Gasteiger partial charge in [-0.2, -0.15) is 13.2 Å². The van der Waals surface area contributed by atoms with Crippen LogP contribution in [0.2, 0.25) is 0 Å². The summed E-state index contributed by atoms with van der Waals surface area (Å²) in [5.41, 5.74) is 0.836. The Kier molecular flexibility index (Phi) is 4.58. The van der Waals surface area contributed by atoms with Crippen LogP contribution >= 0.6 is 0 Å². The number of aromatic carboxylic acids is 1. The van der Waals surface area contributed by atoms with Gasteiger partial charge in [-0.05, 0) is 30.5 Å². The van der Waals surface area contributed by atoms with E-state index in [0.29, 0.717) is 5.56 Å². The number of amides is 2. The molecule has 1 saturated carbocycles. The summed E-state index contributed by atoms with van der Waals surface area (Å²) in [6.45, 7) is 0.168. The largest absolute Gasteiger partial charge is 0.478 e.